The highest BCUT2D eigenvalue weighted by molar-refractivity contribution is 7.99. The number of fused-ring (bicyclic) bond motifs is 1. The Morgan fingerprint density at radius 2 is 2.35 bits per heavy atom. The molecule has 120 valence electrons. The molecule has 0 spiro atoms. The van der Waals surface area contributed by atoms with E-state index in [1.165, 1.54) is 27.7 Å². The molecule has 0 radical (unpaired) electrons. The second kappa shape index (κ2) is 6.59. The third kappa shape index (κ3) is 3.32. The fourth-order valence-corrected chi connectivity index (χ4v) is 3.71. The van der Waals surface area contributed by atoms with E-state index >= 15 is 0 Å². The molecule has 0 unspecified atom stereocenters. The highest BCUT2D eigenvalue weighted by atomic mass is 32.2. The SMILES string of the molecule is C[C@@H](NC(=O)CSc1nc2ccsc2c(=O)n1C)c1ccco1. The number of carbonyl (C=O) groups is 1. The van der Waals surface area contributed by atoms with Crippen molar-refractivity contribution in [1.82, 2.24) is 14.9 Å². The van der Waals surface area contributed by atoms with E-state index < -0.39 is 0 Å². The van der Waals surface area contributed by atoms with Crippen molar-refractivity contribution in [2.45, 2.75) is 18.1 Å². The molecule has 1 N–H and O–H groups in total. The lowest BCUT2D eigenvalue weighted by Gasteiger charge is -2.11. The van der Waals surface area contributed by atoms with Crippen molar-refractivity contribution in [3.63, 3.8) is 0 Å². The summed E-state index contributed by atoms with van der Waals surface area (Å²) in [6, 6.07) is 5.20. The van der Waals surface area contributed by atoms with Gasteiger partial charge in [0.05, 0.1) is 23.6 Å². The van der Waals surface area contributed by atoms with Crippen LogP contribution in [0.4, 0.5) is 0 Å². The lowest BCUT2D eigenvalue weighted by atomic mass is 10.2. The first-order valence-electron chi connectivity index (χ1n) is 6.96. The molecule has 0 aliphatic rings. The number of nitrogens with zero attached hydrogens (tertiary/aromatic N) is 2. The van der Waals surface area contributed by atoms with Gasteiger partial charge in [-0.05, 0) is 30.5 Å². The minimum Gasteiger partial charge on any atom is -0.467 e. The van der Waals surface area contributed by atoms with Crippen molar-refractivity contribution >= 4 is 39.2 Å². The quantitative estimate of drug-likeness (QED) is 0.566. The van der Waals surface area contributed by atoms with Crippen LogP contribution in [0.15, 0.2) is 44.2 Å². The monoisotopic (exact) mass is 349 g/mol. The van der Waals surface area contributed by atoms with Gasteiger partial charge in [-0.2, -0.15) is 0 Å². The molecule has 3 aromatic rings. The number of hydrogen-bond acceptors (Lipinski definition) is 6. The molecular formula is C15H15N3O3S2. The van der Waals surface area contributed by atoms with Crippen molar-refractivity contribution in [2.75, 3.05) is 5.75 Å². The van der Waals surface area contributed by atoms with Crippen molar-refractivity contribution < 1.29 is 9.21 Å². The van der Waals surface area contributed by atoms with Gasteiger partial charge >= 0.3 is 0 Å². The second-order valence-corrected chi connectivity index (χ2v) is 6.85. The van der Waals surface area contributed by atoms with Crippen molar-refractivity contribution in [1.29, 1.82) is 0 Å². The first-order chi connectivity index (χ1) is 11.1. The summed E-state index contributed by atoms with van der Waals surface area (Å²) in [4.78, 5) is 28.7. The van der Waals surface area contributed by atoms with Gasteiger partial charge in [0, 0.05) is 7.05 Å². The zero-order valence-corrected chi connectivity index (χ0v) is 14.2. The van der Waals surface area contributed by atoms with Gasteiger partial charge in [-0.3, -0.25) is 14.2 Å². The Kier molecular flexibility index (Phi) is 4.53. The topological polar surface area (TPSA) is 77.1 Å². The van der Waals surface area contributed by atoms with Crippen LogP contribution in [-0.4, -0.2) is 21.2 Å². The Balaban J connectivity index is 1.67. The highest BCUT2D eigenvalue weighted by Gasteiger charge is 2.14. The number of aromatic nitrogens is 2. The van der Waals surface area contributed by atoms with Gasteiger partial charge in [0.2, 0.25) is 5.91 Å². The lowest BCUT2D eigenvalue weighted by molar-refractivity contribution is -0.119. The fourth-order valence-electron chi connectivity index (χ4n) is 2.12. The van der Waals surface area contributed by atoms with Crippen LogP contribution in [0, 0.1) is 0 Å². The first-order valence-corrected chi connectivity index (χ1v) is 8.82. The summed E-state index contributed by atoms with van der Waals surface area (Å²) in [5.41, 5.74) is 0.585. The standard InChI is InChI=1S/C15H15N3O3S2/c1-9(11-4-3-6-21-11)16-12(19)8-23-15-17-10-5-7-22-13(10)14(20)18(15)2/h3-7,9H,8H2,1-2H3,(H,16,19)/t9-/m1/s1. The van der Waals surface area contributed by atoms with Crippen LogP contribution in [0.5, 0.6) is 0 Å². The minimum absolute atomic E-state index is 0.0862. The Morgan fingerprint density at radius 1 is 1.52 bits per heavy atom. The van der Waals surface area contributed by atoms with Crippen LogP contribution in [0.3, 0.4) is 0 Å². The molecular weight excluding hydrogens is 334 g/mol. The van der Waals surface area contributed by atoms with Crippen LogP contribution in [0.25, 0.3) is 10.2 Å². The smallest absolute Gasteiger partial charge is 0.271 e. The molecule has 3 rings (SSSR count). The van der Waals surface area contributed by atoms with E-state index in [2.05, 4.69) is 10.3 Å². The number of thiophene rings is 1. The molecule has 23 heavy (non-hydrogen) atoms. The number of carbonyl (C=O) groups excluding carboxylic acids is 1. The van der Waals surface area contributed by atoms with Crippen molar-refractivity contribution in [2.24, 2.45) is 7.05 Å². The summed E-state index contributed by atoms with van der Waals surface area (Å²) >= 11 is 2.61. The number of nitrogens with one attached hydrogen (secondary N) is 1. The maximum Gasteiger partial charge on any atom is 0.271 e. The molecule has 1 amide bonds. The Labute approximate surface area is 140 Å². The first kappa shape index (κ1) is 15.8. The number of furan rings is 1. The van der Waals surface area contributed by atoms with Crippen molar-refractivity contribution in [3.8, 4) is 0 Å². The molecule has 0 aromatic carbocycles. The molecule has 1 atom stereocenters. The maximum atomic E-state index is 12.2. The summed E-state index contributed by atoms with van der Waals surface area (Å²) in [6.07, 6.45) is 1.57. The number of amides is 1. The van der Waals surface area contributed by atoms with Crippen LogP contribution >= 0.6 is 23.1 Å². The molecule has 0 aliphatic carbocycles. The van der Waals surface area contributed by atoms with E-state index in [0.29, 0.717) is 21.1 Å². The zero-order chi connectivity index (χ0) is 16.4. The summed E-state index contributed by atoms with van der Waals surface area (Å²) in [5, 5.41) is 5.22. The summed E-state index contributed by atoms with van der Waals surface area (Å²) in [7, 11) is 1.67. The van der Waals surface area contributed by atoms with Crippen molar-refractivity contribution in [3.05, 3.63) is 46.0 Å². The predicted molar refractivity (Wildman–Crippen MR) is 90.9 cm³/mol. The summed E-state index contributed by atoms with van der Waals surface area (Å²) in [6.45, 7) is 1.85. The van der Waals surface area contributed by atoms with E-state index in [0.717, 1.165) is 0 Å². The van der Waals surface area contributed by atoms with Crippen LogP contribution in [0.2, 0.25) is 0 Å². The van der Waals surface area contributed by atoms with E-state index in [1.807, 2.05) is 24.4 Å². The van der Waals surface area contributed by atoms with E-state index in [4.69, 9.17) is 4.42 Å². The van der Waals surface area contributed by atoms with E-state index in [-0.39, 0.29) is 23.3 Å². The molecule has 0 fully saturated rings. The van der Waals surface area contributed by atoms with Crippen LogP contribution in [0.1, 0.15) is 18.7 Å². The largest absolute Gasteiger partial charge is 0.467 e. The van der Waals surface area contributed by atoms with Gasteiger partial charge in [-0.1, -0.05) is 11.8 Å². The number of thioether (sulfide) groups is 1. The predicted octanol–water partition coefficient (Wildman–Crippen LogP) is 2.56. The fraction of sp³-hybridized carbons (Fsp3) is 0.267. The Bertz CT molecular complexity index is 883. The normalized spacial score (nSPS) is 12.4. The minimum atomic E-state index is -0.200. The molecule has 6 nitrogen and oxygen atoms in total. The van der Waals surface area contributed by atoms with E-state index in [9.17, 15) is 9.59 Å². The van der Waals surface area contributed by atoms with E-state index in [1.54, 1.807) is 19.4 Å². The molecule has 3 aromatic heterocycles. The third-order valence-corrected chi connectivity index (χ3v) is 5.25. The maximum absolute atomic E-state index is 12.2. The number of rotatable bonds is 5. The highest BCUT2D eigenvalue weighted by Crippen LogP contribution is 2.20. The second-order valence-electron chi connectivity index (χ2n) is 4.99. The Hall–Kier alpha value is -2.06. The van der Waals surface area contributed by atoms with Gasteiger partial charge in [0.25, 0.3) is 5.56 Å². The van der Waals surface area contributed by atoms with Gasteiger partial charge in [-0.25, -0.2) is 4.98 Å². The van der Waals surface area contributed by atoms with Gasteiger partial charge in [0.15, 0.2) is 5.16 Å². The third-order valence-electron chi connectivity index (χ3n) is 3.33. The molecule has 8 heteroatoms. The van der Waals surface area contributed by atoms with Crippen LogP contribution < -0.4 is 10.9 Å². The average molecular weight is 349 g/mol. The molecule has 0 saturated heterocycles. The van der Waals surface area contributed by atoms with Crippen LogP contribution in [-0.2, 0) is 11.8 Å². The lowest BCUT2D eigenvalue weighted by Crippen LogP contribution is -2.28. The summed E-state index contributed by atoms with van der Waals surface area (Å²) < 4.78 is 7.37. The van der Waals surface area contributed by atoms with Gasteiger partial charge in [-0.15, -0.1) is 11.3 Å². The Morgan fingerprint density at radius 3 is 3.09 bits per heavy atom. The molecule has 0 saturated carbocycles. The zero-order valence-electron chi connectivity index (χ0n) is 12.6. The molecule has 0 aliphatic heterocycles. The molecule has 3 heterocycles. The molecule has 0 bridgehead atoms. The van der Waals surface area contributed by atoms with Gasteiger partial charge in [0.1, 0.15) is 10.5 Å². The van der Waals surface area contributed by atoms with Gasteiger partial charge < -0.3 is 9.73 Å². The summed E-state index contributed by atoms with van der Waals surface area (Å²) in [5.74, 6) is 0.744. The average Bonchev–Trinajstić information content (AvgIpc) is 3.20. The number of hydrogen-bond donors (Lipinski definition) is 1.